The van der Waals surface area contributed by atoms with Crippen LogP contribution >= 0.6 is 0 Å². The van der Waals surface area contributed by atoms with E-state index in [2.05, 4.69) is 153 Å². The van der Waals surface area contributed by atoms with Crippen LogP contribution in [0.15, 0.2) is 219 Å². The lowest BCUT2D eigenvalue weighted by Gasteiger charge is -2.27. The maximum atomic E-state index is 4.84. The average molecular weight is 769 g/mol. The normalized spacial score (nSPS) is 11.3. The molecule has 0 unspecified atom stereocenters. The van der Waals surface area contributed by atoms with Gasteiger partial charge in [-0.2, -0.15) is 0 Å². The first kappa shape index (κ1) is 35.0. The largest absolute Gasteiger partial charge is 0.293 e. The summed E-state index contributed by atoms with van der Waals surface area (Å²) in [6.07, 6.45) is 11.1. The second-order valence-corrected chi connectivity index (χ2v) is 14.7. The van der Waals surface area contributed by atoms with E-state index in [0.717, 1.165) is 78.2 Å². The summed E-state index contributed by atoms with van der Waals surface area (Å²) in [5.74, 6) is 1.61. The summed E-state index contributed by atoms with van der Waals surface area (Å²) < 4.78 is 0. The summed E-state index contributed by atoms with van der Waals surface area (Å²) >= 11 is 0. The van der Waals surface area contributed by atoms with Crippen molar-refractivity contribution in [2.24, 2.45) is 0 Å². The molecule has 4 heterocycles. The third-order valence-corrected chi connectivity index (χ3v) is 11.3. The van der Waals surface area contributed by atoms with Crippen molar-refractivity contribution in [3.63, 3.8) is 0 Å². The fourth-order valence-corrected chi connectivity index (χ4v) is 8.72. The van der Waals surface area contributed by atoms with Crippen LogP contribution in [0.1, 0.15) is 0 Å². The predicted molar refractivity (Wildman–Crippen MR) is 248 cm³/mol. The Balaban J connectivity index is 1.30. The number of nitrogens with zero attached hydrogens (tertiary/aromatic N) is 6. The summed E-state index contributed by atoms with van der Waals surface area (Å²) in [5.41, 5.74) is 8.45. The van der Waals surface area contributed by atoms with Crippen LogP contribution in [-0.4, -0.2) is 19.9 Å². The molecule has 0 fully saturated rings. The maximum absolute atomic E-state index is 4.84. The molecule has 6 nitrogen and oxygen atoms in total. The second kappa shape index (κ2) is 14.9. The minimum absolute atomic E-state index is 0.807. The molecule has 0 spiro atoms. The Morgan fingerprint density at radius 2 is 0.750 bits per heavy atom. The monoisotopic (exact) mass is 768 g/mol. The molecule has 11 aromatic rings. The molecule has 6 heteroatoms. The van der Waals surface area contributed by atoms with Gasteiger partial charge in [-0.1, -0.05) is 109 Å². The fraction of sp³-hybridized carbons (Fsp3) is 0. The first-order valence-electron chi connectivity index (χ1n) is 20.0. The van der Waals surface area contributed by atoms with E-state index in [1.165, 1.54) is 21.5 Å². The van der Waals surface area contributed by atoms with Crippen LogP contribution in [0.4, 0.5) is 34.4 Å². The number of hydrogen-bond acceptors (Lipinski definition) is 6. The highest BCUT2D eigenvalue weighted by Crippen LogP contribution is 2.50. The number of rotatable bonds is 8. The highest BCUT2D eigenvalue weighted by molar-refractivity contribution is 6.26. The molecule has 7 aromatic carbocycles. The lowest BCUT2D eigenvalue weighted by Crippen LogP contribution is -2.12. The molecule has 4 aromatic heterocycles. The lowest BCUT2D eigenvalue weighted by molar-refractivity contribution is 1.16. The minimum atomic E-state index is 0.807. The Morgan fingerprint density at radius 3 is 1.18 bits per heavy atom. The van der Waals surface area contributed by atoms with Gasteiger partial charge in [0.25, 0.3) is 0 Å². The molecule has 0 bridgehead atoms. The van der Waals surface area contributed by atoms with Gasteiger partial charge in [0.15, 0.2) is 0 Å². The smallest absolute Gasteiger partial charge is 0.137 e. The van der Waals surface area contributed by atoms with E-state index in [1.54, 1.807) is 12.4 Å². The van der Waals surface area contributed by atoms with Gasteiger partial charge in [-0.05, 0) is 138 Å². The Bertz CT molecular complexity index is 3010. The molecule has 0 N–H and O–H groups in total. The van der Waals surface area contributed by atoms with Crippen LogP contribution in [0.25, 0.3) is 65.3 Å². The van der Waals surface area contributed by atoms with E-state index in [-0.39, 0.29) is 0 Å². The van der Waals surface area contributed by atoms with Gasteiger partial charge in [-0.25, -0.2) is 9.97 Å². The third-order valence-electron chi connectivity index (χ3n) is 11.3. The van der Waals surface area contributed by atoms with Crippen LogP contribution in [0, 0.1) is 0 Å². The van der Waals surface area contributed by atoms with Crippen LogP contribution in [0.5, 0.6) is 0 Å². The van der Waals surface area contributed by atoms with Crippen LogP contribution in [0.3, 0.4) is 0 Å². The van der Waals surface area contributed by atoms with Gasteiger partial charge in [0.05, 0.1) is 23.8 Å². The zero-order valence-electron chi connectivity index (χ0n) is 32.5. The lowest BCUT2D eigenvalue weighted by atomic mass is 9.83. The topological polar surface area (TPSA) is 58.0 Å². The van der Waals surface area contributed by atoms with Gasteiger partial charge in [-0.3, -0.25) is 19.8 Å². The van der Waals surface area contributed by atoms with Crippen LogP contribution in [0.2, 0.25) is 0 Å². The zero-order chi connectivity index (χ0) is 39.8. The number of fused-ring (bicyclic) bond motifs is 4. The van der Waals surface area contributed by atoms with Crippen molar-refractivity contribution < 1.29 is 0 Å². The Morgan fingerprint density at radius 1 is 0.300 bits per heavy atom. The van der Waals surface area contributed by atoms with Gasteiger partial charge < -0.3 is 0 Å². The van der Waals surface area contributed by atoms with E-state index >= 15 is 0 Å². The molecule has 0 atom stereocenters. The number of benzene rings is 7. The molecule has 60 heavy (non-hydrogen) atoms. The molecule has 0 aliphatic carbocycles. The molecule has 0 aliphatic heterocycles. The Kier molecular flexibility index (Phi) is 8.71. The van der Waals surface area contributed by atoms with Crippen molar-refractivity contribution in [3.8, 4) is 22.3 Å². The van der Waals surface area contributed by atoms with Crippen molar-refractivity contribution in [1.29, 1.82) is 0 Å². The maximum Gasteiger partial charge on any atom is 0.137 e. The molecule has 0 amide bonds. The van der Waals surface area contributed by atoms with Gasteiger partial charge in [0.1, 0.15) is 11.6 Å². The van der Waals surface area contributed by atoms with Crippen molar-refractivity contribution in [1.82, 2.24) is 19.9 Å². The van der Waals surface area contributed by atoms with Gasteiger partial charge >= 0.3 is 0 Å². The predicted octanol–water partition coefficient (Wildman–Crippen LogP) is 14.2. The molecule has 0 radical (unpaired) electrons. The SMILES string of the molecule is c1ccc(N(c2cccnc2)c2ccc3c(-c4cccc5ccccc45)c4cc(N(c5cccnc5)c5ccccn5)ccc4c(-c4cccc5ccccc45)c3c2)nc1. The summed E-state index contributed by atoms with van der Waals surface area (Å²) in [7, 11) is 0. The molecular formula is C54H36N6. The van der Waals surface area contributed by atoms with Crippen molar-refractivity contribution >= 4 is 77.5 Å². The second-order valence-electron chi connectivity index (χ2n) is 14.7. The van der Waals surface area contributed by atoms with E-state index in [4.69, 9.17) is 9.97 Å². The fourth-order valence-electron chi connectivity index (χ4n) is 8.72. The molecule has 0 saturated heterocycles. The first-order valence-corrected chi connectivity index (χ1v) is 20.0. The van der Waals surface area contributed by atoms with Gasteiger partial charge in [0.2, 0.25) is 0 Å². The van der Waals surface area contributed by atoms with E-state index < -0.39 is 0 Å². The average Bonchev–Trinajstić information content (AvgIpc) is 3.32. The number of pyridine rings is 4. The molecule has 11 rings (SSSR count). The zero-order valence-corrected chi connectivity index (χ0v) is 32.5. The highest BCUT2D eigenvalue weighted by atomic mass is 15.2. The molecule has 0 aliphatic rings. The first-order chi connectivity index (χ1) is 29.8. The van der Waals surface area contributed by atoms with Crippen molar-refractivity contribution in [2.45, 2.75) is 0 Å². The van der Waals surface area contributed by atoms with E-state index in [9.17, 15) is 0 Å². The Labute approximate surface area is 347 Å². The van der Waals surface area contributed by atoms with Gasteiger partial charge in [0, 0.05) is 36.2 Å². The van der Waals surface area contributed by atoms with Crippen LogP contribution in [-0.2, 0) is 0 Å². The van der Waals surface area contributed by atoms with Gasteiger partial charge in [-0.15, -0.1) is 0 Å². The highest BCUT2D eigenvalue weighted by Gasteiger charge is 2.24. The van der Waals surface area contributed by atoms with E-state index in [0.29, 0.717) is 0 Å². The summed E-state index contributed by atoms with van der Waals surface area (Å²) in [6.45, 7) is 0. The van der Waals surface area contributed by atoms with Crippen molar-refractivity contribution in [3.05, 3.63) is 219 Å². The quantitative estimate of drug-likeness (QED) is 0.144. The molecule has 0 saturated carbocycles. The third kappa shape index (κ3) is 6.06. The summed E-state index contributed by atoms with van der Waals surface area (Å²) in [4.78, 5) is 23.1. The molecular weight excluding hydrogens is 733 g/mol. The summed E-state index contributed by atoms with van der Waals surface area (Å²) in [5, 5.41) is 9.29. The Hall–Kier alpha value is -8.22. The number of hydrogen-bond donors (Lipinski definition) is 0. The standard InChI is InChI=1S/C54H36N6/c1-3-19-43-37(13-1)15-9-21-45(43)53-47-27-25-40(60(42-18-12-30-56-36-42)52-24-6-8-32-58-52)34-50(47)54(46-22-10-16-38-14-2-4-20-44(38)46)48-28-26-39(33-49(48)53)59(41-17-11-29-55-35-41)51-23-5-7-31-57-51/h1-36H. The summed E-state index contributed by atoms with van der Waals surface area (Å²) in [6, 6.07) is 64.5. The van der Waals surface area contributed by atoms with E-state index in [1.807, 2.05) is 73.3 Å². The van der Waals surface area contributed by atoms with Crippen molar-refractivity contribution in [2.75, 3.05) is 9.80 Å². The van der Waals surface area contributed by atoms with Crippen LogP contribution < -0.4 is 9.80 Å². The molecule has 282 valence electrons. The number of aromatic nitrogens is 4. The minimum Gasteiger partial charge on any atom is -0.293 e. The number of anilines is 6.